The van der Waals surface area contributed by atoms with Crippen molar-refractivity contribution < 1.29 is 18.7 Å². The Morgan fingerprint density at radius 3 is 2.41 bits per heavy atom. The average Bonchev–Trinajstić information content (AvgIpc) is 2.71. The van der Waals surface area contributed by atoms with E-state index >= 15 is 0 Å². The van der Waals surface area contributed by atoms with E-state index in [1.165, 1.54) is 6.07 Å². The molecule has 3 rings (SSSR count). The van der Waals surface area contributed by atoms with Crippen LogP contribution in [0.25, 0.3) is 11.0 Å². The third-order valence-electron chi connectivity index (χ3n) is 4.26. The van der Waals surface area contributed by atoms with Crippen LogP contribution < -0.4 is 21.2 Å². The summed E-state index contributed by atoms with van der Waals surface area (Å²) in [6, 6.07) is 14.8. The standard InChI is InChI=1S/C22H22N2O5/c1-14(2)11-12-28-17-9-7-15(8-10-17)20(25)23-24-21(26)18-13-16-5-3-4-6-19(16)29-22(18)27/h3-10,13-14H,11-12H2,1-2H3,(H,23,25)(H,24,26). The Hall–Kier alpha value is -3.61. The van der Waals surface area contributed by atoms with E-state index in [1.54, 1.807) is 48.5 Å². The second kappa shape index (κ2) is 9.05. The van der Waals surface area contributed by atoms with Gasteiger partial charge in [-0.25, -0.2) is 4.79 Å². The first-order valence-electron chi connectivity index (χ1n) is 9.30. The zero-order chi connectivity index (χ0) is 20.8. The molecule has 2 aromatic carbocycles. The number of ether oxygens (including phenoxy) is 1. The summed E-state index contributed by atoms with van der Waals surface area (Å²) in [7, 11) is 0. The maximum atomic E-state index is 12.3. The summed E-state index contributed by atoms with van der Waals surface area (Å²) >= 11 is 0. The van der Waals surface area contributed by atoms with Crippen LogP contribution in [0.2, 0.25) is 0 Å². The first-order chi connectivity index (χ1) is 13.9. The van der Waals surface area contributed by atoms with Crippen LogP contribution in [0.3, 0.4) is 0 Å². The molecule has 1 heterocycles. The Balaban J connectivity index is 1.59. The first kappa shape index (κ1) is 20.1. The number of fused-ring (bicyclic) bond motifs is 1. The topological polar surface area (TPSA) is 97.6 Å². The highest BCUT2D eigenvalue weighted by Gasteiger charge is 2.15. The van der Waals surface area contributed by atoms with E-state index in [9.17, 15) is 14.4 Å². The fraction of sp³-hybridized carbons (Fsp3) is 0.227. The highest BCUT2D eigenvalue weighted by atomic mass is 16.5. The summed E-state index contributed by atoms with van der Waals surface area (Å²) in [5.74, 6) is -0.0579. The predicted octanol–water partition coefficient (Wildman–Crippen LogP) is 3.29. The molecule has 0 bridgehead atoms. The third-order valence-corrected chi connectivity index (χ3v) is 4.26. The second-order valence-electron chi connectivity index (χ2n) is 6.95. The van der Waals surface area contributed by atoms with Crippen molar-refractivity contribution in [2.45, 2.75) is 20.3 Å². The van der Waals surface area contributed by atoms with Crippen LogP contribution in [-0.4, -0.2) is 18.4 Å². The van der Waals surface area contributed by atoms with Gasteiger partial charge in [0.1, 0.15) is 16.9 Å². The van der Waals surface area contributed by atoms with E-state index < -0.39 is 17.4 Å². The Kier molecular flexibility index (Phi) is 6.29. The normalized spacial score (nSPS) is 10.7. The van der Waals surface area contributed by atoms with Gasteiger partial charge in [-0.1, -0.05) is 32.0 Å². The zero-order valence-corrected chi connectivity index (χ0v) is 16.2. The number of para-hydroxylation sites is 1. The molecule has 0 aliphatic heterocycles. The van der Waals surface area contributed by atoms with Crippen molar-refractivity contribution in [2.75, 3.05) is 6.61 Å². The number of nitrogens with one attached hydrogen (secondary N) is 2. The molecule has 2 amide bonds. The van der Waals surface area contributed by atoms with E-state index in [-0.39, 0.29) is 5.56 Å². The van der Waals surface area contributed by atoms with Crippen LogP contribution in [0.15, 0.2) is 63.8 Å². The molecule has 1 aromatic heterocycles. The minimum absolute atomic E-state index is 0.196. The molecule has 3 aromatic rings. The number of rotatable bonds is 6. The van der Waals surface area contributed by atoms with Gasteiger partial charge in [0.25, 0.3) is 11.8 Å². The van der Waals surface area contributed by atoms with Gasteiger partial charge in [0.2, 0.25) is 0 Å². The molecular weight excluding hydrogens is 372 g/mol. The average molecular weight is 394 g/mol. The molecule has 0 saturated heterocycles. The smallest absolute Gasteiger partial charge is 0.349 e. The van der Waals surface area contributed by atoms with Crippen molar-refractivity contribution >= 4 is 22.8 Å². The first-order valence-corrected chi connectivity index (χ1v) is 9.30. The van der Waals surface area contributed by atoms with Crippen LogP contribution in [0.4, 0.5) is 0 Å². The highest BCUT2D eigenvalue weighted by Crippen LogP contribution is 2.14. The van der Waals surface area contributed by atoms with Crippen LogP contribution in [0.5, 0.6) is 5.75 Å². The van der Waals surface area contributed by atoms with E-state index in [2.05, 4.69) is 24.7 Å². The molecule has 0 atom stereocenters. The molecule has 7 heteroatoms. The van der Waals surface area contributed by atoms with Gasteiger partial charge in [-0.15, -0.1) is 0 Å². The predicted molar refractivity (Wildman–Crippen MR) is 109 cm³/mol. The lowest BCUT2D eigenvalue weighted by Gasteiger charge is -2.10. The Morgan fingerprint density at radius 1 is 1.00 bits per heavy atom. The van der Waals surface area contributed by atoms with E-state index in [1.807, 2.05) is 0 Å². The van der Waals surface area contributed by atoms with Crippen molar-refractivity contribution in [3.05, 3.63) is 76.1 Å². The van der Waals surface area contributed by atoms with Crippen molar-refractivity contribution in [2.24, 2.45) is 5.92 Å². The fourth-order valence-electron chi connectivity index (χ4n) is 2.59. The van der Waals surface area contributed by atoms with Crippen molar-refractivity contribution in [1.82, 2.24) is 10.9 Å². The monoisotopic (exact) mass is 394 g/mol. The minimum atomic E-state index is -0.779. The molecule has 0 unspecified atom stereocenters. The van der Waals surface area contributed by atoms with Crippen molar-refractivity contribution in [1.29, 1.82) is 0 Å². The number of benzene rings is 2. The molecule has 7 nitrogen and oxygen atoms in total. The van der Waals surface area contributed by atoms with Gasteiger partial charge in [-0.3, -0.25) is 20.4 Å². The van der Waals surface area contributed by atoms with Crippen molar-refractivity contribution in [3.8, 4) is 5.75 Å². The molecule has 0 aliphatic carbocycles. The third kappa shape index (κ3) is 5.22. The van der Waals surface area contributed by atoms with Gasteiger partial charge >= 0.3 is 5.63 Å². The minimum Gasteiger partial charge on any atom is -0.494 e. The quantitative estimate of drug-likeness (QED) is 0.494. The number of hydrazine groups is 1. The Bertz CT molecular complexity index is 1070. The van der Waals surface area contributed by atoms with Gasteiger partial charge in [0.15, 0.2) is 0 Å². The van der Waals surface area contributed by atoms with Gasteiger partial charge in [0, 0.05) is 10.9 Å². The molecule has 0 fully saturated rings. The van der Waals surface area contributed by atoms with E-state index in [0.29, 0.717) is 34.8 Å². The SMILES string of the molecule is CC(C)CCOc1ccc(C(=O)NNC(=O)c2cc3ccccc3oc2=O)cc1. The Morgan fingerprint density at radius 2 is 1.69 bits per heavy atom. The molecule has 0 aliphatic rings. The molecule has 0 saturated carbocycles. The van der Waals surface area contributed by atoms with Crippen LogP contribution in [0, 0.1) is 5.92 Å². The number of carbonyl (C=O) groups excluding carboxylic acids is 2. The zero-order valence-electron chi connectivity index (χ0n) is 16.2. The van der Waals surface area contributed by atoms with E-state index in [0.717, 1.165) is 6.42 Å². The van der Waals surface area contributed by atoms with Gasteiger partial charge in [0.05, 0.1) is 6.61 Å². The van der Waals surface area contributed by atoms with Crippen molar-refractivity contribution in [3.63, 3.8) is 0 Å². The lowest BCUT2D eigenvalue weighted by atomic mass is 10.1. The fourth-order valence-corrected chi connectivity index (χ4v) is 2.59. The maximum Gasteiger partial charge on any atom is 0.349 e. The summed E-state index contributed by atoms with van der Waals surface area (Å²) in [6.45, 7) is 4.84. The highest BCUT2D eigenvalue weighted by molar-refractivity contribution is 6.00. The van der Waals surface area contributed by atoms with E-state index in [4.69, 9.17) is 9.15 Å². The largest absolute Gasteiger partial charge is 0.494 e. The summed E-state index contributed by atoms with van der Waals surface area (Å²) < 4.78 is 10.7. The second-order valence-corrected chi connectivity index (χ2v) is 6.95. The van der Waals surface area contributed by atoms with Gasteiger partial charge in [-0.2, -0.15) is 0 Å². The summed E-state index contributed by atoms with van der Waals surface area (Å²) in [4.78, 5) is 36.5. The molecular formula is C22H22N2O5. The molecule has 29 heavy (non-hydrogen) atoms. The van der Waals surface area contributed by atoms with Gasteiger partial charge < -0.3 is 9.15 Å². The van der Waals surface area contributed by atoms with Crippen LogP contribution in [0.1, 0.15) is 41.0 Å². The number of hydrogen-bond donors (Lipinski definition) is 2. The number of amides is 2. The Labute approximate surface area is 167 Å². The summed E-state index contributed by atoms with van der Waals surface area (Å²) in [5.41, 5.74) is 4.27. The summed E-state index contributed by atoms with van der Waals surface area (Å²) in [6.07, 6.45) is 0.941. The maximum absolute atomic E-state index is 12.3. The lowest BCUT2D eigenvalue weighted by molar-refractivity contribution is 0.0844. The van der Waals surface area contributed by atoms with Crippen LogP contribution >= 0.6 is 0 Å². The van der Waals surface area contributed by atoms with Gasteiger partial charge in [-0.05, 0) is 48.7 Å². The molecule has 150 valence electrons. The molecule has 2 N–H and O–H groups in total. The molecule has 0 radical (unpaired) electrons. The lowest BCUT2D eigenvalue weighted by Crippen LogP contribution is -2.43. The number of hydrogen-bond acceptors (Lipinski definition) is 5. The molecule has 0 spiro atoms. The summed E-state index contributed by atoms with van der Waals surface area (Å²) in [5, 5.41) is 0.608. The van der Waals surface area contributed by atoms with Crippen LogP contribution in [-0.2, 0) is 0 Å². The number of carbonyl (C=O) groups is 2.